The van der Waals surface area contributed by atoms with Crippen LogP contribution in [0.4, 0.5) is 11.5 Å². The molecule has 0 spiro atoms. The lowest BCUT2D eigenvalue weighted by atomic mass is 10.2. The third kappa shape index (κ3) is 2.94. The summed E-state index contributed by atoms with van der Waals surface area (Å²) in [7, 11) is 1.65. The Morgan fingerprint density at radius 1 is 1.09 bits per heavy atom. The number of benzene rings is 2. The van der Waals surface area contributed by atoms with E-state index in [1.807, 2.05) is 37.3 Å². The van der Waals surface area contributed by atoms with E-state index in [-0.39, 0.29) is 0 Å². The molecule has 0 saturated heterocycles. The molecule has 0 unspecified atom stereocenters. The molecule has 0 fully saturated rings. The molecule has 3 rings (SSSR count). The molecule has 4 nitrogen and oxygen atoms in total. The number of ether oxygens (including phenoxy) is 1. The maximum atomic E-state index is 5.41. The van der Waals surface area contributed by atoms with Crippen LogP contribution in [0.2, 0.25) is 0 Å². The zero-order chi connectivity index (χ0) is 15.7. The highest BCUT2D eigenvalue weighted by molar-refractivity contribution is 9.11. The van der Waals surface area contributed by atoms with Gasteiger partial charge in [-0.1, -0.05) is 22.0 Å². The predicted molar refractivity (Wildman–Crippen MR) is 96.0 cm³/mol. The number of hydrogen-bond acceptors (Lipinski definition) is 4. The monoisotopic (exact) mass is 421 g/mol. The van der Waals surface area contributed by atoms with Crippen LogP contribution >= 0.6 is 31.9 Å². The topological polar surface area (TPSA) is 47.0 Å². The summed E-state index contributed by atoms with van der Waals surface area (Å²) in [4.78, 5) is 8.70. The highest BCUT2D eigenvalue weighted by Crippen LogP contribution is 2.34. The molecule has 6 heteroatoms. The average molecular weight is 423 g/mol. The number of methoxy groups -OCH3 is 1. The Bertz CT molecular complexity index is 852. The number of nitrogens with zero attached hydrogens (tertiary/aromatic N) is 2. The first-order valence-electron chi connectivity index (χ1n) is 6.60. The van der Waals surface area contributed by atoms with Crippen molar-refractivity contribution in [1.29, 1.82) is 0 Å². The van der Waals surface area contributed by atoms with Gasteiger partial charge in [0, 0.05) is 14.3 Å². The Balaban J connectivity index is 2.14. The van der Waals surface area contributed by atoms with E-state index >= 15 is 0 Å². The number of halogens is 2. The first-order valence-corrected chi connectivity index (χ1v) is 8.18. The molecule has 0 saturated carbocycles. The van der Waals surface area contributed by atoms with Crippen molar-refractivity contribution in [2.45, 2.75) is 6.92 Å². The number of anilines is 2. The van der Waals surface area contributed by atoms with E-state index in [0.717, 1.165) is 42.7 Å². The van der Waals surface area contributed by atoms with Crippen molar-refractivity contribution in [3.8, 4) is 5.75 Å². The van der Waals surface area contributed by atoms with Gasteiger partial charge in [-0.15, -0.1) is 0 Å². The van der Waals surface area contributed by atoms with Crippen LogP contribution in [0.15, 0.2) is 45.6 Å². The third-order valence-electron chi connectivity index (χ3n) is 3.27. The van der Waals surface area contributed by atoms with Crippen molar-refractivity contribution in [3.05, 3.63) is 51.2 Å². The van der Waals surface area contributed by atoms with Crippen LogP contribution < -0.4 is 10.1 Å². The average Bonchev–Trinajstić information content (AvgIpc) is 2.48. The molecule has 0 aliphatic carbocycles. The molecule has 1 heterocycles. The van der Waals surface area contributed by atoms with Gasteiger partial charge in [0.15, 0.2) is 0 Å². The quantitative estimate of drug-likeness (QED) is 0.628. The Morgan fingerprint density at radius 3 is 2.68 bits per heavy atom. The van der Waals surface area contributed by atoms with Gasteiger partial charge in [0.25, 0.3) is 0 Å². The van der Waals surface area contributed by atoms with Gasteiger partial charge in [-0.05, 0) is 52.7 Å². The molecule has 0 bridgehead atoms. The number of hydrogen-bond donors (Lipinski definition) is 1. The van der Waals surface area contributed by atoms with E-state index in [4.69, 9.17) is 4.74 Å². The minimum atomic E-state index is 0.732. The fourth-order valence-corrected chi connectivity index (χ4v) is 3.57. The fourth-order valence-electron chi connectivity index (χ4n) is 2.24. The maximum absolute atomic E-state index is 5.41. The second-order valence-electron chi connectivity index (χ2n) is 4.83. The SMILES string of the molecule is COc1ccc(C)cc1Nc1ncnc2c(Br)cc(Br)cc12. The van der Waals surface area contributed by atoms with Gasteiger partial charge >= 0.3 is 0 Å². The molecular formula is C16H13Br2N3O. The molecule has 3 aromatic rings. The first kappa shape index (κ1) is 15.2. The number of rotatable bonds is 3. The van der Waals surface area contributed by atoms with Crippen LogP contribution in [0.25, 0.3) is 10.9 Å². The van der Waals surface area contributed by atoms with Crippen molar-refractivity contribution in [3.63, 3.8) is 0 Å². The van der Waals surface area contributed by atoms with E-state index in [2.05, 4.69) is 47.1 Å². The van der Waals surface area contributed by atoms with E-state index < -0.39 is 0 Å². The molecule has 22 heavy (non-hydrogen) atoms. The molecule has 1 aromatic heterocycles. The van der Waals surface area contributed by atoms with Gasteiger partial charge in [-0.25, -0.2) is 9.97 Å². The molecule has 0 atom stereocenters. The first-order chi connectivity index (χ1) is 10.6. The zero-order valence-corrected chi connectivity index (χ0v) is 15.2. The van der Waals surface area contributed by atoms with Crippen molar-refractivity contribution >= 4 is 54.3 Å². The third-order valence-corrected chi connectivity index (χ3v) is 4.33. The van der Waals surface area contributed by atoms with Gasteiger partial charge < -0.3 is 10.1 Å². The van der Waals surface area contributed by atoms with Crippen LogP contribution in [-0.2, 0) is 0 Å². The number of fused-ring (bicyclic) bond motifs is 1. The van der Waals surface area contributed by atoms with E-state index in [1.165, 1.54) is 0 Å². The second kappa shape index (κ2) is 6.22. The minimum Gasteiger partial charge on any atom is -0.495 e. The lowest BCUT2D eigenvalue weighted by Gasteiger charge is -2.13. The van der Waals surface area contributed by atoms with Gasteiger partial charge in [0.1, 0.15) is 17.9 Å². The normalized spacial score (nSPS) is 10.7. The number of aromatic nitrogens is 2. The van der Waals surface area contributed by atoms with Crippen molar-refractivity contribution in [2.75, 3.05) is 12.4 Å². The Morgan fingerprint density at radius 2 is 1.91 bits per heavy atom. The summed E-state index contributed by atoms with van der Waals surface area (Å²) in [5.74, 6) is 1.50. The summed E-state index contributed by atoms with van der Waals surface area (Å²) >= 11 is 7.04. The molecule has 2 aromatic carbocycles. The van der Waals surface area contributed by atoms with Crippen molar-refractivity contribution in [2.24, 2.45) is 0 Å². The zero-order valence-electron chi connectivity index (χ0n) is 12.0. The maximum Gasteiger partial charge on any atom is 0.142 e. The summed E-state index contributed by atoms with van der Waals surface area (Å²) in [5.41, 5.74) is 2.87. The molecule has 0 aliphatic heterocycles. The summed E-state index contributed by atoms with van der Waals surface area (Å²) in [6.45, 7) is 2.04. The Hall–Kier alpha value is -1.66. The summed E-state index contributed by atoms with van der Waals surface area (Å²) in [5, 5.41) is 4.27. The molecule has 0 aliphatic rings. The minimum absolute atomic E-state index is 0.732. The van der Waals surface area contributed by atoms with Crippen LogP contribution in [-0.4, -0.2) is 17.1 Å². The van der Waals surface area contributed by atoms with Gasteiger partial charge in [-0.2, -0.15) is 0 Å². The van der Waals surface area contributed by atoms with E-state index in [1.54, 1.807) is 13.4 Å². The van der Waals surface area contributed by atoms with Crippen molar-refractivity contribution < 1.29 is 4.74 Å². The van der Waals surface area contributed by atoms with Crippen LogP contribution in [0.3, 0.4) is 0 Å². The van der Waals surface area contributed by atoms with Gasteiger partial charge in [-0.3, -0.25) is 0 Å². The molecule has 0 radical (unpaired) electrons. The largest absolute Gasteiger partial charge is 0.495 e. The predicted octanol–water partition coefficient (Wildman–Crippen LogP) is 5.22. The lowest BCUT2D eigenvalue weighted by Crippen LogP contribution is -1.99. The lowest BCUT2D eigenvalue weighted by molar-refractivity contribution is 0.416. The van der Waals surface area contributed by atoms with Crippen molar-refractivity contribution in [1.82, 2.24) is 9.97 Å². The highest BCUT2D eigenvalue weighted by atomic mass is 79.9. The Kier molecular flexibility index (Phi) is 4.31. The summed E-state index contributed by atoms with van der Waals surface area (Å²) in [6.07, 6.45) is 1.55. The smallest absolute Gasteiger partial charge is 0.142 e. The fraction of sp³-hybridized carbons (Fsp3) is 0.125. The second-order valence-corrected chi connectivity index (χ2v) is 6.60. The summed E-state index contributed by atoms with van der Waals surface area (Å²) in [6, 6.07) is 9.93. The standard InChI is InChI=1S/C16H13Br2N3O/c1-9-3-4-14(22-2)13(5-9)21-16-11-6-10(17)7-12(18)15(11)19-8-20-16/h3-8H,1-2H3,(H,19,20,21). The van der Waals surface area contributed by atoms with E-state index in [0.29, 0.717) is 0 Å². The highest BCUT2D eigenvalue weighted by Gasteiger charge is 2.10. The van der Waals surface area contributed by atoms with Gasteiger partial charge in [0.2, 0.25) is 0 Å². The van der Waals surface area contributed by atoms with Crippen LogP contribution in [0, 0.1) is 6.92 Å². The number of nitrogens with one attached hydrogen (secondary N) is 1. The Labute approximate surface area is 145 Å². The molecule has 1 N–H and O–H groups in total. The number of aryl methyl sites for hydroxylation is 1. The molecule has 0 amide bonds. The van der Waals surface area contributed by atoms with Crippen LogP contribution in [0.1, 0.15) is 5.56 Å². The summed E-state index contributed by atoms with van der Waals surface area (Å²) < 4.78 is 7.28. The molecular weight excluding hydrogens is 410 g/mol. The molecule has 112 valence electrons. The van der Waals surface area contributed by atoms with Gasteiger partial charge in [0.05, 0.1) is 18.3 Å². The van der Waals surface area contributed by atoms with Crippen LogP contribution in [0.5, 0.6) is 5.75 Å². The van der Waals surface area contributed by atoms with E-state index in [9.17, 15) is 0 Å².